The number of fused-ring (bicyclic) bond motifs is 1. The fourth-order valence-electron chi connectivity index (χ4n) is 4.81. The van der Waals surface area contributed by atoms with Gasteiger partial charge in [0.15, 0.2) is 0 Å². The Balaban J connectivity index is 0.000000216. The molecule has 240 valence electrons. The van der Waals surface area contributed by atoms with Crippen LogP contribution in [0.25, 0.3) is 33.2 Å². The normalized spacial score (nSPS) is 11.3. The summed E-state index contributed by atoms with van der Waals surface area (Å²) in [5.74, 6) is -0.0594. The summed E-state index contributed by atoms with van der Waals surface area (Å²) in [5.41, 5.74) is 10.8. The van der Waals surface area contributed by atoms with Crippen LogP contribution in [0.3, 0.4) is 0 Å². The molecular weight excluding hydrogens is 612 g/mol. The first kappa shape index (κ1) is 33.5. The minimum absolute atomic E-state index is 0.114. The molecule has 3 aromatic heterocycles. The molecule has 0 aliphatic heterocycles. The highest BCUT2D eigenvalue weighted by atomic mass is 32.2. The van der Waals surface area contributed by atoms with Crippen molar-refractivity contribution in [2.75, 3.05) is 23.9 Å². The maximum absolute atomic E-state index is 12.7. The molecule has 3 heterocycles. The molecule has 0 unspecified atom stereocenters. The van der Waals surface area contributed by atoms with Gasteiger partial charge in [-0.1, -0.05) is 27.7 Å². The first-order valence-corrected chi connectivity index (χ1v) is 16.0. The maximum atomic E-state index is 12.7. The minimum atomic E-state index is -3.80. The lowest BCUT2D eigenvalue weighted by atomic mass is 9.91. The molecule has 0 radical (unpaired) electrons. The summed E-state index contributed by atoms with van der Waals surface area (Å²) in [6.45, 7) is 8.13. The SMILES string of the molecule is CC(C)c1cc2[nH]c(=O)n(NS(C)(=O)=O)c(=O)c2cc1-c1ccnnc1.COC(=O)c1cc(-c2ccnnc2)c(C(C)C)cc1N. The number of hydrogen-bond acceptors (Lipinski definition) is 11. The monoisotopic (exact) mass is 646 g/mol. The molecule has 0 saturated carbocycles. The van der Waals surface area contributed by atoms with Crippen LogP contribution in [0.2, 0.25) is 0 Å². The summed E-state index contributed by atoms with van der Waals surface area (Å²) in [4.78, 5) is 41.0. The second kappa shape index (κ2) is 13.7. The van der Waals surface area contributed by atoms with E-state index < -0.39 is 27.2 Å². The Morgan fingerprint density at radius 2 is 1.43 bits per heavy atom. The van der Waals surface area contributed by atoms with Crippen molar-refractivity contribution in [1.82, 2.24) is 30.1 Å². The van der Waals surface area contributed by atoms with Crippen molar-refractivity contribution in [2.24, 2.45) is 0 Å². The van der Waals surface area contributed by atoms with Crippen molar-refractivity contribution >= 4 is 32.6 Å². The quantitative estimate of drug-likeness (QED) is 0.173. The highest BCUT2D eigenvalue weighted by molar-refractivity contribution is 7.91. The van der Waals surface area contributed by atoms with Gasteiger partial charge in [-0.05, 0) is 70.5 Å². The van der Waals surface area contributed by atoms with E-state index >= 15 is 0 Å². The van der Waals surface area contributed by atoms with Crippen LogP contribution in [0.1, 0.15) is 61.0 Å². The molecule has 0 atom stereocenters. The van der Waals surface area contributed by atoms with Gasteiger partial charge in [-0.15, -0.1) is 0 Å². The van der Waals surface area contributed by atoms with E-state index in [2.05, 4.69) is 39.2 Å². The third kappa shape index (κ3) is 7.43. The first-order valence-electron chi connectivity index (χ1n) is 14.1. The maximum Gasteiger partial charge on any atom is 0.348 e. The van der Waals surface area contributed by atoms with Gasteiger partial charge in [-0.25, -0.2) is 22.8 Å². The van der Waals surface area contributed by atoms with Gasteiger partial charge in [0.1, 0.15) is 0 Å². The smallest absolute Gasteiger partial charge is 0.348 e. The van der Waals surface area contributed by atoms with E-state index in [1.165, 1.54) is 7.11 Å². The molecule has 2 aromatic carbocycles. The Bertz CT molecular complexity index is 2110. The van der Waals surface area contributed by atoms with Crippen molar-refractivity contribution in [3.63, 3.8) is 0 Å². The average Bonchev–Trinajstić information content (AvgIpc) is 3.02. The molecule has 0 aliphatic rings. The van der Waals surface area contributed by atoms with Gasteiger partial charge in [0.05, 0.1) is 54.6 Å². The molecular formula is C31H34N8O6S. The highest BCUT2D eigenvalue weighted by Gasteiger charge is 2.18. The zero-order valence-corrected chi connectivity index (χ0v) is 26.9. The molecule has 5 aromatic rings. The predicted molar refractivity (Wildman–Crippen MR) is 175 cm³/mol. The van der Waals surface area contributed by atoms with Crippen LogP contribution in [0.4, 0.5) is 5.69 Å². The molecule has 0 aliphatic carbocycles. The van der Waals surface area contributed by atoms with Crippen LogP contribution < -0.4 is 21.8 Å². The summed E-state index contributed by atoms with van der Waals surface area (Å²) in [7, 11) is -2.46. The van der Waals surface area contributed by atoms with E-state index in [-0.39, 0.29) is 17.2 Å². The lowest BCUT2D eigenvalue weighted by molar-refractivity contribution is 0.0602. The number of esters is 1. The molecule has 0 saturated heterocycles. The topological polar surface area (TPSA) is 205 Å². The van der Waals surface area contributed by atoms with Crippen LogP contribution in [0.15, 0.2) is 70.8 Å². The summed E-state index contributed by atoms with van der Waals surface area (Å²) in [6.07, 6.45) is 7.26. The van der Waals surface area contributed by atoms with Gasteiger partial charge in [0.2, 0.25) is 10.0 Å². The number of aromatic nitrogens is 6. The molecule has 14 nitrogen and oxygen atoms in total. The van der Waals surface area contributed by atoms with Crippen molar-refractivity contribution < 1.29 is 17.9 Å². The van der Waals surface area contributed by atoms with Gasteiger partial charge in [0, 0.05) is 16.8 Å². The second-order valence-electron chi connectivity index (χ2n) is 11.0. The number of sulfonamides is 1. The van der Waals surface area contributed by atoms with E-state index in [0.29, 0.717) is 21.4 Å². The number of nitrogens with zero attached hydrogens (tertiary/aromatic N) is 5. The first-order chi connectivity index (χ1) is 21.7. The number of methoxy groups -OCH3 is 1. The van der Waals surface area contributed by atoms with Crippen molar-refractivity contribution in [3.05, 3.63) is 98.7 Å². The number of anilines is 1. The van der Waals surface area contributed by atoms with Gasteiger partial charge >= 0.3 is 11.7 Å². The van der Waals surface area contributed by atoms with Crippen molar-refractivity contribution in [2.45, 2.75) is 39.5 Å². The number of rotatable bonds is 7. The number of aromatic amines is 1. The Morgan fingerprint density at radius 1 is 0.891 bits per heavy atom. The Kier molecular flexibility index (Phi) is 9.95. The molecule has 0 spiro atoms. The van der Waals surface area contributed by atoms with Crippen molar-refractivity contribution in [1.29, 1.82) is 0 Å². The number of hydrogen-bond donors (Lipinski definition) is 3. The van der Waals surface area contributed by atoms with E-state index in [1.807, 2.05) is 30.8 Å². The summed E-state index contributed by atoms with van der Waals surface area (Å²) in [6, 6.07) is 10.6. The minimum Gasteiger partial charge on any atom is -0.465 e. The summed E-state index contributed by atoms with van der Waals surface area (Å²) >= 11 is 0. The molecule has 0 amide bonds. The van der Waals surface area contributed by atoms with Crippen LogP contribution in [-0.4, -0.2) is 57.8 Å². The number of H-pyrrole nitrogens is 1. The largest absolute Gasteiger partial charge is 0.465 e. The van der Waals surface area contributed by atoms with Crippen LogP contribution in [0.5, 0.6) is 0 Å². The average molecular weight is 647 g/mol. The van der Waals surface area contributed by atoms with E-state index in [1.54, 1.807) is 49.1 Å². The molecule has 0 fully saturated rings. The number of nitrogens with one attached hydrogen (secondary N) is 2. The molecule has 4 N–H and O–H groups in total. The molecule has 0 bridgehead atoms. The third-order valence-corrected chi connectivity index (χ3v) is 7.50. The number of carbonyl (C=O) groups excluding carboxylic acids is 1. The summed E-state index contributed by atoms with van der Waals surface area (Å²) in [5, 5.41) is 15.4. The number of carbonyl (C=O) groups is 1. The standard InChI is InChI=1S/C16H17N5O4S.C15H17N3O2/c1-9(2)11-7-14-13(6-12(11)10-4-5-17-18-8-10)15(22)21(16(23)19-14)20-26(3,24)25;1-9(2)11-7-14(16)13(15(19)20-3)6-12(11)10-4-5-17-18-8-10/h4-9,20H,1-3H3,(H,19,23);4-9H,16H2,1-3H3. The summed E-state index contributed by atoms with van der Waals surface area (Å²) < 4.78 is 28.1. The molecule has 15 heteroatoms. The van der Waals surface area contributed by atoms with Crippen LogP contribution >= 0.6 is 0 Å². The fraction of sp³-hybridized carbons (Fsp3) is 0.258. The van der Waals surface area contributed by atoms with E-state index in [4.69, 9.17) is 10.5 Å². The Morgan fingerprint density at radius 3 is 1.91 bits per heavy atom. The third-order valence-electron chi connectivity index (χ3n) is 6.99. The van der Waals surface area contributed by atoms with Gasteiger partial charge in [0.25, 0.3) is 5.56 Å². The number of nitrogens with two attached hydrogens (primary N) is 1. The number of benzene rings is 2. The van der Waals surface area contributed by atoms with E-state index in [9.17, 15) is 22.8 Å². The van der Waals surface area contributed by atoms with Gasteiger partial charge < -0.3 is 15.5 Å². The molecule has 46 heavy (non-hydrogen) atoms. The lowest BCUT2D eigenvalue weighted by Gasteiger charge is -2.16. The lowest BCUT2D eigenvalue weighted by Crippen LogP contribution is -2.43. The van der Waals surface area contributed by atoms with Crippen LogP contribution in [0, 0.1) is 0 Å². The predicted octanol–water partition coefficient (Wildman–Crippen LogP) is 3.41. The molecule has 5 rings (SSSR count). The fourth-order valence-corrected chi connectivity index (χ4v) is 5.30. The second-order valence-corrected chi connectivity index (χ2v) is 12.7. The van der Waals surface area contributed by atoms with Crippen LogP contribution in [-0.2, 0) is 14.8 Å². The number of nitrogen functional groups attached to an aromatic ring is 1. The Labute approximate surface area is 264 Å². The highest BCUT2D eigenvalue weighted by Crippen LogP contribution is 2.33. The zero-order chi connectivity index (χ0) is 33.8. The van der Waals surface area contributed by atoms with Gasteiger partial charge in [-0.3, -0.25) is 4.79 Å². The zero-order valence-electron chi connectivity index (χ0n) is 26.1. The van der Waals surface area contributed by atoms with Gasteiger partial charge in [-0.2, -0.15) is 25.1 Å². The van der Waals surface area contributed by atoms with Crippen molar-refractivity contribution in [3.8, 4) is 22.3 Å². The Hall–Kier alpha value is -5.44. The number of ether oxygens (including phenoxy) is 1. The van der Waals surface area contributed by atoms with E-state index in [0.717, 1.165) is 39.6 Å².